The maximum Gasteiger partial charge on any atom is 0.123 e. The first-order valence-electron chi connectivity index (χ1n) is 6.68. The Bertz CT molecular complexity index is 310. The van der Waals surface area contributed by atoms with Gasteiger partial charge in [-0.05, 0) is 12.5 Å². The molecule has 1 N–H and O–H groups in total. The van der Waals surface area contributed by atoms with Crippen LogP contribution in [0.4, 0.5) is 0 Å². The first-order valence-corrected chi connectivity index (χ1v) is 6.68. The predicted octanol–water partition coefficient (Wildman–Crippen LogP) is 2.72. The maximum absolute atomic E-state index is 5.56. The van der Waals surface area contributed by atoms with E-state index in [0.717, 1.165) is 30.9 Å². The van der Waals surface area contributed by atoms with E-state index >= 15 is 0 Å². The van der Waals surface area contributed by atoms with Gasteiger partial charge in [-0.1, -0.05) is 20.8 Å². The van der Waals surface area contributed by atoms with E-state index in [0.29, 0.717) is 25.9 Å². The number of hydrogen-bond acceptors (Lipinski definition) is 4. The van der Waals surface area contributed by atoms with Crippen LogP contribution < -0.4 is 5.32 Å². The third kappa shape index (κ3) is 6.19. The molecule has 1 rings (SSSR count). The van der Waals surface area contributed by atoms with Crippen molar-refractivity contribution < 1.29 is 13.9 Å². The van der Waals surface area contributed by atoms with E-state index < -0.39 is 0 Å². The second-order valence-electron chi connectivity index (χ2n) is 4.57. The van der Waals surface area contributed by atoms with E-state index in [2.05, 4.69) is 26.1 Å². The summed E-state index contributed by atoms with van der Waals surface area (Å²) in [5, 5.41) is 3.33. The number of ether oxygens (including phenoxy) is 2. The Kier molecular flexibility index (Phi) is 7.73. The van der Waals surface area contributed by atoms with Crippen LogP contribution in [-0.4, -0.2) is 25.9 Å². The topological polar surface area (TPSA) is 43.6 Å². The normalized spacial score (nSPS) is 11.3. The van der Waals surface area contributed by atoms with Gasteiger partial charge in [0.2, 0.25) is 0 Å². The first-order chi connectivity index (χ1) is 8.74. The van der Waals surface area contributed by atoms with Crippen molar-refractivity contribution in [2.24, 2.45) is 0 Å². The van der Waals surface area contributed by atoms with Gasteiger partial charge < -0.3 is 19.2 Å². The molecule has 0 aliphatic rings. The molecule has 0 spiro atoms. The number of rotatable bonds is 10. The molecule has 0 amide bonds. The molecule has 4 heteroatoms. The van der Waals surface area contributed by atoms with Crippen molar-refractivity contribution in [3.63, 3.8) is 0 Å². The highest BCUT2D eigenvalue weighted by Crippen LogP contribution is 2.11. The number of nitrogens with one attached hydrogen (secondary N) is 1. The molecule has 0 atom stereocenters. The minimum absolute atomic E-state index is 0.450. The van der Waals surface area contributed by atoms with Crippen LogP contribution in [0, 0.1) is 0 Å². The van der Waals surface area contributed by atoms with Crippen LogP contribution in [0.1, 0.15) is 38.5 Å². The average Bonchev–Trinajstić information content (AvgIpc) is 2.78. The molecular formula is C14H25NO3. The Morgan fingerprint density at radius 2 is 2.00 bits per heavy atom. The van der Waals surface area contributed by atoms with Gasteiger partial charge in [0, 0.05) is 18.2 Å². The van der Waals surface area contributed by atoms with Crippen LogP contribution >= 0.6 is 0 Å². The van der Waals surface area contributed by atoms with E-state index in [9.17, 15) is 0 Å². The summed E-state index contributed by atoms with van der Waals surface area (Å²) in [4.78, 5) is 0. The van der Waals surface area contributed by atoms with Gasteiger partial charge in [-0.15, -0.1) is 0 Å². The van der Waals surface area contributed by atoms with Gasteiger partial charge in [0.05, 0.1) is 32.6 Å². The van der Waals surface area contributed by atoms with Crippen molar-refractivity contribution in [3.05, 3.63) is 23.7 Å². The molecule has 0 fully saturated rings. The summed E-state index contributed by atoms with van der Waals surface area (Å²) in [6.45, 7) is 9.75. The molecule has 1 aromatic rings. The molecule has 0 unspecified atom stereocenters. The average molecular weight is 255 g/mol. The van der Waals surface area contributed by atoms with E-state index in [-0.39, 0.29) is 0 Å². The highest BCUT2D eigenvalue weighted by atomic mass is 16.5. The van der Waals surface area contributed by atoms with Gasteiger partial charge in [0.1, 0.15) is 5.76 Å². The summed E-state index contributed by atoms with van der Waals surface area (Å²) in [6, 6.07) is 2.41. The number of hydrogen-bond donors (Lipinski definition) is 1. The standard InChI is InChI=1S/C14H25NO3/c1-4-6-16-8-9-17-11-13-5-7-18-14(13)10-15-12(2)3/h5,7,12,15H,4,6,8-11H2,1-3H3. The molecule has 0 aliphatic carbocycles. The Balaban J connectivity index is 2.19. The van der Waals surface area contributed by atoms with Gasteiger partial charge in [0.15, 0.2) is 0 Å². The fraction of sp³-hybridized carbons (Fsp3) is 0.714. The molecule has 0 bridgehead atoms. The highest BCUT2D eigenvalue weighted by Gasteiger charge is 2.06. The zero-order valence-electron chi connectivity index (χ0n) is 11.7. The smallest absolute Gasteiger partial charge is 0.123 e. The van der Waals surface area contributed by atoms with Gasteiger partial charge in [-0.25, -0.2) is 0 Å². The van der Waals surface area contributed by atoms with Crippen LogP contribution in [0.2, 0.25) is 0 Å². The predicted molar refractivity (Wildman–Crippen MR) is 71.4 cm³/mol. The van der Waals surface area contributed by atoms with Crippen molar-refractivity contribution in [1.82, 2.24) is 5.32 Å². The lowest BCUT2D eigenvalue weighted by Crippen LogP contribution is -2.22. The van der Waals surface area contributed by atoms with E-state index in [1.54, 1.807) is 6.26 Å². The van der Waals surface area contributed by atoms with Crippen molar-refractivity contribution in [2.45, 2.75) is 46.4 Å². The lowest BCUT2D eigenvalue weighted by molar-refractivity contribution is 0.0403. The van der Waals surface area contributed by atoms with E-state index in [4.69, 9.17) is 13.9 Å². The second kappa shape index (κ2) is 9.14. The second-order valence-corrected chi connectivity index (χ2v) is 4.57. The van der Waals surface area contributed by atoms with Gasteiger partial charge in [0.25, 0.3) is 0 Å². The summed E-state index contributed by atoms with van der Waals surface area (Å²) in [5.74, 6) is 0.957. The monoisotopic (exact) mass is 255 g/mol. The molecule has 1 aromatic heterocycles. The third-order valence-corrected chi connectivity index (χ3v) is 2.49. The Labute approximate surface area is 110 Å². The maximum atomic E-state index is 5.56. The third-order valence-electron chi connectivity index (χ3n) is 2.49. The summed E-state index contributed by atoms with van der Waals surface area (Å²) in [7, 11) is 0. The minimum atomic E-state index is 0.450. The fourth-order valence-corrected chi connectivity index (χ4v) is 1.49. The first kappa shape index (κ1) is 15.2. The zero-order valence-corrected chi connectivity index (χ0v) is 11.7. The lowest BCUT2D eigenvalue weighted by Gasteiger charge is -2.08. The Morgan fingerprint density at radius 1 is 1.22 bits per heavy atom. The van der Waals surface area contributed by atoms with Crippen molar-refractivity contribution >= 4 is 0 Å². The van der Waals surface area contributed by atoms with Crippen LogP contribution in [0.25, 0.3) is 0 Å². The molecule has 4 nitrogen and oxygen atoms in total. The Hall–Kier alpha value is -0.840. The zero-order chi connectivity index (χ0) is 13.2. The van der Waals surface area contributed by atoms with Crippen molar-refractivity contribution in [1.29, 1.82) is 0 Å². The molecule has 1 heterocycles. The molecule has 104 valence electrons. The largest absolute Gasteiger partial charge is 0.468 e. The van der Waals surface area contributed by atoms with Crippen LogP contribution in [0.15, 0.2) is 16.7 Å². The highest BCUT2D eigenvalue weighted by molar-refractivity contribution is 5.15. The SMILES string of the molecule is CCCOCCOCc1ccoc1CNC(C)C. The molecule has 0 saturated heterocycles. The van der Waals surface area contributed by atoms with Gasteiger partial charge >= 0.3 is 0 Å². The summed E-state index contributed by atoms with van der Waals surface area (Å²) < 4.78 is 16.3. The molecule has 0 aromatic carbocycles. The Morgan fingerprint density at radius 3 is 2.72 bits per heavy atom. The molecular weight excluding hydrogens is 230 g/mol. The van der Waals surface area contributed by atoms with Crippen LogP contribution in [-0.2, 0) is 22.6 Å². The van der Waals surface area contributed by atoms with E-state index in [1.807, 2.05) is 6.07 Å². The molecule has 18 heavy (non-hydrogen) atoms. The summed E-state index contributed by atoms with van der Waals surface area (Å²) in [5.41, 5.74) is 1.11. The molecule has 0 aliphatic heterocycles. The molecule has 0 radical (unpaired) electrons. The summed E-state index contributed by atoms with van der Waals surface area (Å²) >= 11 is 0. The van der Waals surface area contributed by atoms with E-state index in [1.165, 1.54) is 0 Å². The molecule has 0 saturated carbocycles. The van der Waals surface area contributed by atoms with Gasteiger partial charge in [-0.3, -0.25) is 0 Å². The fourth-order valence-electron chi connectivity index (χ4n) is 1.49. The van der Waals surface area contributed by atoms with Crippen molar-refractivity contribution in [3.8, 4) is 0 Å². The van der Waals surface area contributed by atoms with Crippen molar-refractivity contribution in [2.75, 3.05) is 19.8 Å². The van der Waals surface area contributed by atoms with Crippen LogP contribution in [0.5, 0.6) is 0 Å². The summed E-state index contributed by atoms with van der Waals surface area (Å²) in [6.07, 6.45) is 2.76. The number of furan rings is 1. The van der Waals surface area contributed by atoms with Crippen LogP contribution in [0.3, 0.4) is 0 Å². The lowest BCUT2D eigenvalue weighted by atomic mass is 10.2. The quantitative estimate of drug-likeness (QED) is 0.653. The minimum Gasteiger partial charge on any atom is -0.468 e. The van der Waals surface area contributed by atoms with Gasteiger partial charge in [-0.2, -0.15) is 0 Å².